The third-order valence-electron chi connectivity index (χ3n) is 3.71. The van der Waals surface area contributed by atoms with E-state index in [1.165, 1.54) is 18.2 Å². The first-order chi connectivity index (χ1) is 13.3. The van der Waals surface area contributed by atoms with E-state index in [4.69, 9.17) is 11.6 Å². The van der Waals surface area contributed by atoms with Gasteiger partial charge in [-0.3, -0.25) is 9.52 Å². The Morgan fingerprint density at radius 2 is 1.68 bits per heavy atom. The van der Waals surface area contributed by atoms with Crippen molar-refractivity contribution in [3.63, 3.8) is 0 Å². The lowest BCUT2D eigenvalue weighted by atomic mass is 10.2. The summed E-state index contributed by atoms with van der Waals surface area (Å²) in [6.45, 7) is 0. The number of anilines is 2. The minimum atomic E-state index is -3.98. The molecule has 5 nitrogen and oxygen atoms in total. The van der Waals surface area contributed by atoms with E-state index in [1.807, 2.05) is 0 Å². The predicted molar refractivity (Wildman–Crippen MR) is 116 cm³/mol. The maximum Gasteiger partial charge on any atom is 0.261 e. The lowest BCUT2D eigenvalue weighted by Gasteiger charge is -2.11. The van der Waals surface area contributed by atoms with Gasteiger partial charge in [0, 0.05) is 9.26 Å². The van der Waals surface area contributed by atoms with Gasteiger partial charge in [0.2, 0.25) is 0 Å². The molecule has 3 aromatic rings. The zero-order valence-corrected chi connectivity index (χ0v) is 17.8. The summed E-state index contributed by atoms with van der Waals surface area (Å²) in [4.78, 5) is 12.0. The van der Waals surface area contributed by atoms with Crippen LogP contribution in [0.2, 0.25) is 5.02 Å². The van der Waals surface area contributed by atoms with Gasteiger partial charge in [-0.2, -0.15) is 0 Å². The molecule has 3 aromatic carbocycles. The molecule has 0 saturated carbocycles. The molecule has 1 amide bonds. The number of nitrogens with one attached hydrogen (secondary N) is 2. The largest absolute Gasteiger partial charge is 0.319 e. The number of hydrogen-bond acceptors (Lipinski definition) is 3. The van der Waals surface area contributed by atoms with Crippen molar-refractivity contribution in [3.05, 3.63) is 86.7 Å². The average Bonchev–Trinajstić information content (AvgIpc) is 2.65. The first-order valence-corrected chi connectivity index (χ1v) is 10.8. The molecule has 0 heterocycles. The highest BCUT2D eigenvalue weighted by molar-refractivity contribution is 14.1. The topological polar surface area (TPSA) is 75.3 Å². The summed E-state index contributed by atoms with van der Waals surface area (Å²) in [5.74, 6) is -1.48. The van der Waals surface area contributed by atoms with E-state index in [1.54, 1.807) is 42.5 Å². The van der Waals surface area contributed by atoms with Crippen molar-refractivity contribution in [1.29, 1.82) is 0 Å². The summed E-state index contributed by atoms with van der Waals surface area (Å²) < 4.78 is 42.6. The van der Waals surface area contributed by atoms with Crippen molar-refractivity contribution >= 4 is 61.5 Å². The van der Waals surface area contributed by atoms with Crippen molar-refractivity contribution in [2.75, 3.05) is 10.0 Å². The molecule has 0 unspecified atom stereocenters. The highest BCUT2D eigenvalue weighted by Crippen LogP contribution is 2.23. The first kappa shape index (κ1) is 20.6. The summed E-state index contributed by atoms with van der Waals surface area (Å²) in [7, 11) is -3.98. The standard InChI is InChI=1S/C19H13ClFIN2O3S/c20-16-4-2-1-3-15(16)19(25)23-18-10-9-14(11-17(18)21)28(26,27)24-13-7-5-12(22)6-8-13/h1-11,24H,(H,23,25). The Morgan fingerprint density at radius 1 is 1.00 bits per heavy atom. The fraction of sp³-hybridized carbons (Fsp3) is 0. The fourth-order valence-electron chi connectivity index (χ4n) is 2.33. The number of carbonyl (C=O) groups excluding carboxylic acids is 1. The van der Waals surface area contributed by atoms with Crippen molar-refractivity contribution < 1.29 is 17.6 Å². The Labute approximate surface area is 180 Å². The summed E-state index contributed by atoms with van der Waals surface area (Å²) in [6, 6.07) is 16.3. The molecule has 0 spiro atoms. The number of amides is 1. The number of carbonyl (C=O) groups is 1. The van der Waals surface area contributed by atoms with Gasteiger partial charge in [-0.25, -0.2) is 12.8 Å². The van der Waals surface area contributed by atoms with E-state index in [0.717, 1.165) is 9.64 Å². The monoisotopic (exact) mass is 530 g/mol. The molecule has 0 aliphatic rings. The average molecular weight is 531 g/mol. The molecule has 3 rings (SSSR count). The second-order valence-corrected chi connectivity index (χ2v) is 9.02. The van der Waals surface area contributed by atoms with E-state index in [2.05, 4.69) is 32.6 Å². The van der Waals surface area contributed by atoms with E-state index in [-0.39, 0.29) is 21.2 Å². The van der Waals surface area contributed by atoms with Crippen LogP contribution >= 0.6 is 34.2 Å². The van der Waals surface area contributed by atoms with Crippen LogP contribution in [-0.4, -0.2) is 14.3 Å². The molecule has 0 fully saturated rings. The summed E-state index contributed by atoms with van der Waals surface area (Å²) in [5.41, 5.74) is 0.385. The first-order valence-electron chi connectivity index (χ1n) is 7.90. The summed E-state index contributed by atoms with van der Waals surface area (Å²) in [5, 5.41) is 2.61. The minimum Gasteiger partial charge on any atom is -0.319 e. The summed E-state index contributed by atoms with van der Waals surface area (Å²) in [6.07, 6.45) is 0. The van der Waals surface area contributed by atoms with Crippen LogP contribution < -0.4 is 10.0 Å². The van der Waals surface area contributed by atoms with Crippen LogP contribution in [0.1, 0.15) is 10.4 Å². The number of halogens is 3. The van der Waals surface area contributed by atoms with Crippen molar-refractivity contribution in [1.82, 2.24) is 0 Å². The maximum atomic E-state index is 14.4. The fourth-order valence-corrected chi connectivity index (χ4v) is 3.98. The number of sulfonamides is 1. The zero-order valence-electron chi connectivity index (χ0n) is 14.1. The molecule has 0 radical (unpaired) electrons. The van der Waals surface area contributed by atoms with Crippen LogP contribution in [0.4, 0.5) is 15.8 Å². The molecule has 144 valence electrons. The lowest BCUT2D eigenvalue weighted by molar-refractivity contribution is 0.102. The molecule has 0 aliphatic heterocycles. The molecule has 0 aromatic heterocycles. The van der Waals surface area contributed by atoms with E-state index in [0.29, 0.717) is 5.69 Å². The normalized spacial score (nSPS) is 11.1. The predicted octanol–water partition coefficient (Wildman–Crippen LogP) is 5.14. The molecular formula is C19H13ClFIN2O3S. The Kier molecular flexibility index (Phi) is 6.21. The SMILES string of the molecule is O=C(Nc1ccc(S(=O)(=O)Nc2ccc(I)cc2)cc1F)c1ccccc1Cl. The zero-order chi connectivity index (χ0) is 20.3. The van der Waals surface area contributed by atoms with Gasteiger partial charge >= 0.3 is 0 Å². The van der Waals surface area contributed by atoms with Gasteiger partial charge in [0.25, 0.3) is 15.9 Å². The van der Waals surface area contributed by atoms with Crippen molar-refractivity contribution in [2.24, 2.45) is 0 Å². The third-order valence-corrected chi connectivity index (χ3v) is 6.14. The second kappa shape index (κ2) is 8.46. The number of benzene rings is 3. The Balaban J connectivity index is 1.80. The van der Waals surface area contributed by atoms with Crippen LogP contribution in [0, 0.1) is 9.39 Å². The molecule has 2 N–H and O–H groups in total. The highest BCUT2D eigenvalue weighted by Gasteiger charge is 2.18. The van der Waals surface area contributed by atoms with Gasteiger partial charge in [-0.1, -0.05) is 23.7 Å². The van der Waals surface area contributed by atoms with Crippen LogP contribution in [0.3, 0.4) is 0 Å². The summed E-state index contributed by atoms with van der Waals surface area (Å²) >= 11 is 8.05. The van der Waals surface area contributed by atoms with E-state index >= 15 is 0 Å². The Hall–Kier alpha value is -2.17. The lowest BCUT2D eigenvalue weighted by Crippen LogP contribution is -2.15. The van der Waals surface area contributed by atoms with Gasteiger partial charge in [-0.15, -0.1) is 0 Å². The molecular weight excluding hydrogens is 518 g/mol. The molecule has 0 aliphatic carbocycles. The number of hydrogen-bond donors (Lipinski definition) is 2. The van der Waals surface area contributed by atoms with E-state index in [9.17, 15) is 17.6 Å². The van der Waals surface area contributed by atoms with Gasteiger partial charge < -0.3 is 5.32 Å². The smallest absolute Gasteiger partial charge is 0.261 e. The Bertz CT molecular complexity index is 1140. The third kappa shape index (κ3) is 4.81. The van der Waals surface area contributed by atoms with Crippen LogP contribution in [0.25, 0.3) is 0 Å². The van der Waals surface area contributed by atoms with Gasteiger partial charge in [0.05, 0.1) is 21.2 Å². The van der Waals surface area contributed by atoms with Gasteiger partial charge in [0.1, 0.15) is 5.82 Å². The molecule has 0 bridgehead atoms. The molecule has 9 heteroatoms. The molecule has 0 saturated heterocycles. The van der Waals surface area contributed by atoms with Gasteiger partial charge in [0.15, 0.2) is 0 Å². The second-order valence-electron chi connectivity index (χ2n) is 5.69. The van der Waals surface area contributed by atoms with Gasteiger partial charge in [-0.05, 0) is 77.2 Å². The van der Waals surface area contributed by atoms with Crippen LogP contribution in [0.5, 0.6) is 0 Å². The van der Waals surface area contributed by atoms with Crippen LogP contribution in [-0.2, 0) is 10.0 Å². The van der Waals surface area contributed by atoms with Crippen molar-refractivity contribution in [2.45, 2.75) is 4.90 Å². The van der Waals surface area contributed by atoms with Crippen molar-refractivity contribution in [3.8, 4) is 0 Å². The number of rotatable bonds is 5. The van der Waals surface area contributed by atoms with Crippen LogP contribution in [0.15, 0.2) is 71.6 Å². The van der Waals surface area contributed by atoms with E-state index < -0.39 is 21.7 Å². The molecule has 0 atom stereocenters. The Morgan fingerprint density at radius 3 is 2.32 bits per heavy atom. The quantitative estimate of drug-likeness (QED) is 0.449. The maximum absolute atomic E-state index is 14.4. The molecule has 28 heavy (non-hydrogen) atoms. The highest BCUT2D eigenvalue weighted by atomic mass is 127. The minimum absolute atomic E-state index is 0.155.